The van der Waals surface area contributed by atoms with Crippen LogP contribution < -0.4 is 10.9 Å². The van der Waals surface area contributed by atoms with Crippen LogP contribution in [0, 0.1) is 0 Å². The van der Waals surface area contributed by atoms with Gasteiger partial charge in [-0.15, -0.1) is 0 Å². The van der Waals surface area contributed by atoms with Gasteiger partial charge in [-0.1, -0.05) is 54.6 Å². The van der Waals surface area contributed by atoms with Crippen molar-refractivity contribution in [2.75, 3.05) is 0 Å². The molecule has 0 saturated heterocycles. The van der Waals surface area contributed by atoms with Crippen molar-refractivity contribution in [3.63, 3.8) is 0 Å². The molecule has 142 valence electrons. The van der Waals surface area contributed by atoms with Crippen LogP contribution in [0.15, 0.2) is 83.7 Å². The zero-order valence-electron chi connectivity index (χ0n) is 15.3. The van der Waals surface area contributed by atoms with Gasteiger partial charge in [0.15, 0.2) is 0 Å². The summed E-state index contributed by atoms with van der Waals surface area (Å²) in [6.07, 6.45) is -1.08. The van der Waals surface area contributed by atoms with Crippen LogP contribution in [-0.4, -0.2) is 20.6 Å². The van der Waals surface area contributed by atoms with Crippen molar-refractivity contribution in [1.29, 1.82) is 0 Å². The lowest BCUT2D eigenvalue weighted by Gasteiger charge is -2.24. The Hall–Kier alpha value is -3.77. The van der Waals surface area contributed by atoms with Crippen LogP contribution in [0.3, 0.4) is 0 Å². The van der Waals surface area contributed by atoms with Crippen molar-refractivity contribution in [2.45, 2.75) is 12.1 Å². The number of hydrogen-bond acceptors (Lipinski definition) is 4. The van der Waals surface area contributed by atoms with Crippen LogP contribution in [0.25, 0.3) is 16.6 Å². The Morgan fingerprint density at radius 1 is 0.897 bits per heavy atom. The maximum atomic E-state index is 13.4. The van der Waals surface area contributed by atoms with Gasteiger partial charge in [-0.2, -0.15) is 0 Å². The molecule has 0 spiro atoms. The molecule has 0 aliphatic carbocycles. The first-order valence-electron chi connectivity index (χ1n) is 9.30. The van der Waals surface area contributed by atoms with Gasteiger partial charge in [-0.05, 0) is 29.8 Å². The average Bonchev–Trinajstić information content (AvgIpc) is 2.89. The van der Waals surface area contributed by atoms with Crippen LogP contribution in [0.4, 0.5) is 0 Å². The standard InChI is InChI=1S/C23H17N3O3/c27-20(14-8-2-1-3-9-14)19-21-24-17-12-6-4-10-15(17)23(29)26(21)18-13-7-5-11-16(18)22(28)25-19/h1-13,19-20,27H,(H,25,28). The van der Waals surface area contributed by atoms with E-state index in [-0.39, 0.29) is 11.5 Å². The van der Waals surface area contributed by atoms with Gasteiger partial charge in [0.05, 0.1) is 22.2 Å². The first-order valence-corrected chi connectivity index (χ1v) is 9.30. The smallest absolute Gasteiger partial charge is 0.266 e. The third kappa shape index (κ3) is 2.73. The number of carbonyl (C=O) groups is 1. The van der Waals surface area contributed by atoms with Crippen molar-refractivity contribution >= 4 is 16.8 Å². The first kappa shape index (κ1) is 17.3. The Kier molecular flexibility index (Phi) is 4.00. The van der Waals surface area contributed by atoms with Crippen molar-refractivity contribution in [3.05, 3.63) is 106 Å². The summed E-state index contributed by atoms with van der Waals surface area (Å²) < 4.78 is 1.44. The molecule has 4 aromatic rings. The van der Waals surface area contributed by atoms with Crippen LogP contribution in [0.2, 0.25) is 0 Å². The van der Waals surface area contributed by atoms with Gasteiger partial charge >= 0.3 is 0 Å². The summed E-state index contributed by atoms with van der Waals surface area (Å²) in [4.78, 5) is 31.0. The predicted octanol–water partition coefficient (Wildman–Crippen LogP) is 2.90. The molecule has 2 heterocycles. The SMILES string of the molecule is O=C1NC(C(O)c2ccccc2)c2nc3ccccc3c(=O)n2-c2ccccc21. The number of para-hydroxylation sites is 2. The van der Waals surface area contributed by atoms with E-state index in [0.29, 0.717) is 33.5 Å². The molecule has 6 nitrogen and oxygen atoms in total. The van der Waals surface area contributed by atoms with Gasteiger partial charge in [-0.3, -0.25) is 14.2 Å². The molecule has 6 heteroatoms. The van der Waals surface area contributed by atoms with Gasteiger partial charge in [0.25, 0.3) is 11.5 Å². The Morgan fingerprint density at radius 2 is 1.59 bits per heavy atom. The van der Waals surface area contributed by atoms with Gasteiger partial charge < -0.3 is 10.4 Å². The largest absolute Gasteiger partial charge is 0.386 e. The summed E-state index contributed by atoms with van der Waals surface area (Å²) in [6, 6.07) is 22.1. The summed E-state index contributed by atoms with van der Waals surface area (Å²) in [6.45, 7) is 0. The average molecular weight is 383 g/mol. The van der Waals surface area contributed by atoms with Crippen molar-refractivity contribution < 1.29 is 9.90 Å². The summed E-state index contributed by atoms with van der Waals surface area (Å²) in [5.74, 6) is -0.0714. The summed E-state index contributed by atoms with van der Waals surface area (Å²) >= 11 is 0. The molecule has 2 N–H and O–H groups in total. The van der Waals surface area contributed by atoms with Crippen molar-refractivity contribution in [1.82, 2.24) is 14.9 Å². The number of nitrogens with zero attached hydrogens (tertiary/aromatic N) is 2. The molecule has 1 amide bonds. The lowest BCUT2D eigenvalue weighted by Crippen LogP contribution is -2.34. The summed E-state index contributed by atoms with van der Waals surface area (Å²) in [7, 11) is 0. The number of aliphatic hydroxyl groups is 1. The van der Waals surface area contributed by atoms with E-state index in [9.17, 15) is 14.7 Å². The van der Waals surface area contributed by atoms with E-state index in [2.05, 4.69) is 10.3 Å². The molecule has 0 radical (unpaired) electrons. The molecular weight excluding hydrogens is 366 g/mol. The van der Waals surface area contributed by atoms with Crippen LogP contribution in [0.1, 0.15) is 33.9 Å². The topological polar surface area (TPSA) is 84.2 Å². The second-order valence-electron chi connectivity index (χ2n) is 6.95. The highest BCUT2D eigenvalue weighted by Gasteiger charge is 2.34. The summed E-state index contributed by atoms with van der Waals surface area (Å²) in [5, 5.41) is 14.4. The van der Waals surface area contributed by atoms with Crippen LogP contribution in [-0.2, 0) is 0 Å². The molecular formula is C23H17N3O3. The van der Waals surface area contributed by atoms with Crippen LogP contribution in [0.5, 0.6) is 0 Å². The highest BCUT2D eigenvalue weighted by molar-refractivity contribution is 5.98. The molecule has 29 heavy (non-hydrogen) atoms. The fourth-order valence-electron chi connectivity index (χ4n) is 3.80. The lowest BCUT2D eigenvalue weighted by molar-refractivity contribution is 0.0826. The number of amides is 1. The van der Waals surface area contributed by atoms with E-state index in [4.69, 9.17) is 0 Å². The molecule has 3 aromatic carbocycles. The van der Waals surface area contributed by atoms with Gasteiger partial charge in [0, 0.05) is 0 Å². The minimum atomic E-state index is -1.08. The van der Waals surface area contributed by atoms with Gasteiger partial charge in [-0.25, -0.2) is 4.98 Å². The highest BCUT2D eigenvalue weighted by Crippen LogP contribution is 2.32. The van der Waals surface area contributed by atoms with E-state index in [1.807, 2.05) is 18.2 Å². The zero-order valence-corrected chi connectivity index (χ0v) is 15.3. The second-order valence-corrected chi connectivity index (χ2v) is 6.95. The van der Waals surface area contributed by atoms with Gasteiger partial charge in [0.1, 0.15) is 18.0 Å². The number of rotatable bonds is 2. The minimum Gasteiger partial charge on any atom is -0.386 e. The molecule has 0 saturated carbocycles. The Morgan fingerprint density at radius 3 is 2.41 bits per heavy atom. The molecule has 2 unspecified atom stereocenters. The number of fused-ring (bicyclic) bond motifs is 4. The molecule has 1 aromatic heterocycles. The minimum absolute atomic E-state index is 0.278. The van der Waals surface area contributed by atoms with E-state index in [1.54, 1.807) is 60.7 Å². The maximum Gasteiger partial charge on any atom is 0.266 e. The number of aliphatic hydroxyl groups excluding tert-OH is 1. The van der Waals surface area contributed by atoms with E-state index in [0.717, 1.165) is 0 Å². The fourth-order valence-corrected chi connectivity index (χ4v) is 3.80. The third-order valence-electron chi connectivity index (χ3n) is 5.21. The highest BCUT2D eigenvalue weighted by atomic mass is 16.3. The molecule has 5 rings (SSSR count). The number of aromatic nitrogens is 2. The zero-order chi connectivity index (χ0) is 20.0. The molecule has 1 aliphatic rings. The quantitative estimate of drug-likeness (QED) is 0.557. The van der Waals surface area contributed by atoms with Crippen molar-refractivity contribution in [3.8, 4) is 5.69 Å². The van der Waals surface area contributed by atoms with Crippen LogP contribution >= 0.6 is 0 Å². The Bertz CT molecular complexity index is 1300. The maximum absolute atomic E-state index is 13.4. The third-order valence-corrected chi connectivity index (χ3v) is 5.21. The molecule has 1 aliphatic heterocycles. The first-order chi connectivity index (χ1) is 14.1. The molecule has 0 fully saturated rings. The predicted molar refractivity (Wildman–Crippen MR) is 109 cm³/mol. The lowest BCUT2D eigenvalue weighted by atomic mass is 10.0. The number of carbonyl (C=O) groups excluding carboxylic acids is 1. The number of benzene rings is 3. The monoisotopic (exact) mass is 383 g/mol. The van der Waals surface area contributed by atoms with E-state index >= 15 is 0 Å². The van der Waals surface area contributed by atoms with Gasteiger partial charge in [0.2, 0.25) is 0 Å². The molecule has 2 atom stereocenters. The van der Waals surface area contributed by atoms with E-state index < -0.39 is 12.1 Å². The number of hydrogen-bond donors (Lipinski definition) is 2. The molecule has 0 bridgehead atoms. The van der Waals surface area contributed by atoms with Crippen molar-refractivity contribution in [2.24, 2.45) is 0 Å². The fraction of sp³-hybridized carbons (Fsp3) is 0.0870. The second kappa shape index (κ2) is 6.68. The Balaban J connectivity index is 1.84. The number of nitrogens with one attached hydrogen (secondary N) is 1. The van der Waals surface area contributed by atoms with E-state index in [1.165, 1.54) is 4.57 Å². The Labute approximate surface area is 166 Å². The normalized spacial score (nSPS) is 16.4. The summed E-state index contributed by atoms with van der Waals surface area (Å²) in [5.41, 5.74) is 1.67.